The Balaban J connectivity index is 2.46. The normalized spacial score (nSPS) is 31.9. The average molecular weight is 346 g/mol. The van der Waals surface area contributed by atoms with Crippen LogP contribution in [0.3, 0.4) is 0 Å². The molecule has 5 N–H and O–H groups in total. The van der Waals surface area contributed by atoms with Gasteiger partial charge in [0.15, 0.2) is 6.29 Å². The van der Waals surface area contributed by atoms with Crippen molar-refractivity contribution >= 4 is 5.97 Å². The van der Waals surface area contributed by atoms with E-state index in [9.17, 15) is 25.2 Å². The standard InChI is InChI=1S/C16H26O8/c1-9(6-7-17)4-3-5-10(2)15(21)23-8-11-12(18)13(19)14(20)16(22)24-11/h5-6,11-14,16-20,22H,3-4,7-8H2,1-2H3/b9-6+,10-5+/t11-,12-,13+,14-,16?/m1/s1. The molecule has 0 aromatic carbocycles. The van der Waals surface area contributed by atoms with Gasteiger partial charge in [-0.15, -0.1) is 0 Å². The molecule has 1 fully saturated rings. The van der Waals surface area contributed by atoms with E-state index in [0.29, 0.717) is 18.4 Å². The molecule has 0 aromatic heterocycles. The van der Waals surface area contributed by atoms with Crippen molar-refractivity contribution in [1.82, 2.24) is 0 Å². The van der Waals surface area contributed by atoms with Crippen LogP contribution >= 0.6 is 0 Å². The van der Waals surface area contributed by atoms with E-state index in [1.807, 2.05) is 6.92 Å². The smallest absolute Gasteiger partial charge is 0.333 e. The van der Waals surface area contributed by atoms with Gasteiger partial charge in [0, 0.05) is 5.57 Å². The van der Waals surface area contributed by atoms with Gasteiger partial charge >= 0.3 is 5.97 Å². The summed E-state index contributed by atoms with van der Waals surface area (Å²) < 4.78 is 9.92. The zero-order chi connectivity index (χ0) is 18.3. The van der Waals surface area contributed by atoms with Crippen LogP contribution < -0.4 is 0 Å². The topological polar surface area (TPSA) is 137 Å². The summed E-state index contributed by atoms with van der Waals surface area (Å²) in [5.41, 5.74) is 1.38. The quantitative estimate of drug-likeness (QED) is 0.225. The Bertz CT molecular complexity index is 473. The van der Waals surface area contributed by atoms with Crippen molar-refractivity contribution in [3.63, 3.8) is 0 Å². The van der Waals surface area contributed by atoms with Crippen LogP contribution in [0.2, 0.25) is 0 Å². The van der Waals surface area contributed by atoms with Gasteiger partial charge in [0.25, 0.3) is 0 Å². The summed E-state index contributed by atoms with van der Waals surface area (Å²) in [7, 11) is 0. The molecule has 0 spiro atoms. The highest BCUT2D eigenvalue weighted by molar-refractivity contribution is 5.87. The predicted molar refractivity (Wildman–Crippen MR) is 83.7 cm³/mol. The summed E-state index contributed by atoms with van der Waals surface area (Å²) >= 11 is 0. The molecule has 8 heteroatoms. The van der Waals surface area contributed by atoms with E-state index in [-0.39, 0.29) is 13.2 Å². The van der Waals surface area contributed by atoms with E-state index in [0.717, 1.165) is 5.57 Å². The first kappa shape index (κ1) is 20.8. The summed E-state index contributed by atoms with van der Waals surface area (Å²) in [6.07, 6.45) is -2.79. The molecule has 138 valence electrons. The maximum Gasteiger partial charge on any atom is 0.333 e. The second-order valence-corrected chi connectivity index (χ2v) is 5.79. The highest BCUT2D eigenvalue weighted by atomic mass is 16.6. The van der Waals surface area contributed by atoms with Crippen LogP contribution in [-0.2, 0) is 14.3 Å². The first-order chi connectivity index (χ1) is 11.3. The number of esters is 1. The van der Waals surface area contributed by atoms with Gasteiger partial charge in [-0.25, -0.2) is 4.79 Å². The van der Waals surface area contributed by atoms with E-state index in [1.54, 1.807) is 19.1 Å². The van der Waals surface area contributed by atoms with Gasteiger partial charge in [-0.1, -0.05) is 17.7 Å². The molecular formula is C16H26O8. The second kappa shape index (κ2) is 9.87. The summed E-state index contributed by atoms with van der Waals surface area (Å²) in [6.45, 7) is 3.08. The third-order valence-electron chi connectivity index (χ3n) is 3.82. The lowest BCUT2D eigenvalue weighted by Gasteiger charge is -2.37. The summed E-state index contributed by atoms with van der Waals surface area (Å²) in [6, 6.07) is 0. The molecule has 0 aliphatic carbocycles. The Kier molecular flexibility index (Phi) is 8.54. The van der Waals surface area contributed by atoms with Crippen molar-refractivity contribution in [1.29, 1.82) is 0 Å². The third-order valence-corrected chi connectivity index (χ3v) is 3.82. The van der Waals surface area contributed by atoms with Crippen LogP contribution in [0.4, 0.5) is 0 Å². The molecule has 1 rings (SSSR count). The molecule has 8 nitrogen and oxygen atoms in total. The molecule has 0 amide bonds. The summed E-state index contributed by atoms with van der Waals surface area (Å²) in [5, 5.41) is 46.8. The highest BCUT2D eigenvalue weighted by Gasteiger charge is 2.43. The molecule has 24 heavy (non-hydrogen) atoms. The van der Waals surface area contributed by atoms with Crippen LogP contribution in [0.15, 0.2) is 23.3 Å². The Hall–Kier alpha value is -1.29. The number of hydrogen-bond acceptors (Lipinski definition) is 8. The summed E-state index contributed by atoms with van der Waals surface area (Å²) in [5.74, 6) is -0.607. The average Bonchev–Trinajstić information content (AvgIpc) is 2.54. The fourth-order valence-electron chi connectivity index (χ4n) is 2.20. The van der Waals surface area contributed by atoms with Crippen LogP contribution in [0.25, 0.3) is 0 Å². The Morgan fingerprint density at radius 2 is 1.75 bits per heavy atom. The lowest BCUT2D eigenvalue weighted by molar-refractivity contribution is -0.287. The predicted octanol–water partition coefficient (Wildman–Crippen LogP) is -1.01. The number of hydrogen-bond donors (Lipinski definition) is 5. The molecule has 1 aliphatic rings. The minimum absolute atomic E-state index is 0.0211. The number of carbonyl (C=O) groups excluding carboxylic acids is 1. The number of rotatable bonds is 7. The molecule has 0 radical (unpaired) electrons. The fraction of sp³-hybridized carbons (Fsp3) is 0.688. The minimum Gasteiger partial charge on any atom is -0.459 e. The largest absolute Gasteiger partial charge is 0.459 e. The molecule has 1 unspecified atom stereocenters. The van der Waals surface area contributed by atoms with Crippen LogP contribution in [-0.4, -0.2) is 75.4 Å². The van der Waals surface area contributed by atoms with Gasteiger partial charge in [0.1, 0.15) is 31.0 Å². The Labute approximate surface area is 140 Å². The second-order valence-electron chi connectivity index (χ2n) is 5.79. The van der Waals surface area contributed by atoms with Gasteiger partial charge in [0.05, 0.1) is 6.61 Å². The molecule has 0 bridgehead atoms. The van der Waals surface area contributed by atoms with Crippen molar-refractivity contribution < 1.29 is 39.8 Å². The first-order valence-electron chi connectivity index (χ1n) is 7.76. The fourth-order valence-corrected chi connectivity index (χ4v) is 2.20. The molecule has 0 saturated carbocycles. The van der Waals surface area contributed by atoms with Gasteiger partial charge in [-0.2, -0.15) is 0 Å². The number of aliphatic hydroxyl groups excluding tert-OH is 5. The molecule has 1 saturated heterocycles. The lowest BCUT2D eigenvalue weighted by Crippen LogP contribution is -2.58. The summed E-state index contributed by atoms with van der Waals surface area (Å²) in [4.78, 5) is 11.9. The van der Waals surface area contributed by atoms with Crippen LogP contribution in [0.5, 0.6) is 0 Å². The van der Waals surface area contributed by atoms with Crippen molar-refractivity contribution in [2.75, 3.05) is 13.2 Å². The van der Waals surface area contributed by atoms with Crippen molar-refractivity contribution in [2.45, 2.75) is 57.4 Å². The molecule has 1 heterocycles. The first-order valence-corrected chi connectivity index (χ1v) is 7.76. The van der Waals surface area contributed by atoms with E-state index in [2.05, 4.69) is 0 Å². The van der Waals surface area contributed by atoms with E-state index >= 15 is 0 Å². The van der Waals surface area contributed by atoms with Gasteiger partial charge in [-0.05, 0) is 26.7 Å². The maximum absolute atomic E-state index is 11.9. The monoisotopic (exact) mass is 346 g/mol. The minimum atomic E-state index is -1.66. The van der Waals surface area contributed by atoms with Crippen molar-refractivity contribution in [3.8, 4) is 0 Å². The Morgan fingerprint density at radius 1 is 1.08 bits per heavy atom. The zero-order valence-corrected chi connectivity index (χ0v) is 13.8. The number of carbonyl (C=O) groups is 1. The number of allylic oxidation sites excluding steroid dienone is 2. The third kappa shape index (κ3) is 5.97. The van der Waals surface area contributed by atoms with E-state index in [4.69, 9.17) is 14.6 Å². The SMILES string of the molecule is C/C(=C\CO)CC/C=C(\C)C(=O)OC[C@H]1OC(O)[C@H](O)[C@@H](O)[C@@H]1O. The Morgan fingerprint density at radius 3 is 2.38 bits per heavy atom. The number of aliphatic hydroxyl groups is 5. The molecule has 5 atom stereocenters. The molecule has 0 aromatic rings. The van der Waals surface area contributed by atoms with Crippen molar-refractivity contribution in [2.24, 2.45) is 0 Å². The van der Waals surface area contributed by atoms with Gasteiger partial charge in [-0.3, -0.25) is 0 Å². The van der Waals surface area contributed by atoms with Crippen molar-refractivity contribution in [3.05, 3.63) is 23.3 Å². The van der Waals surface area contributed by atoms with Crippen LogP contribution in [0.1, 0.15) is 26.7 Å². The van der Waals surface area contributed by atoms with Crippen LogP contribution in [0, 0.1) is 0 Å². The van der Waals surface area contributed by atoms with E-state index in [1.165, 1.54) is 0 Å². The van der Waals surface area contributed by atoms with Gasteiger partial charge in [0.2, 0.25) is 0 Å². The number of ether oxygens (including phenoxy) is 2. The molecular weight excluding hydrogens is 320 g/mol. The molecule has 1 aliphatic heterocycles. The lowest BCUT2D eigenvalue weighted by atomic mass is 9.99. The van der Waals surface area contributed by atoms with Gasteiger partial charge < -0.3 is 35.0 Å². The zero-order valence-electron chi connectivity index (χ0n) is 13.8. The maximum atomic E-state index is 11.9. The highest BCUT2D eigenvalue weighted by Crippen LogP contribution is 2.20. The van der Waals surface area contributed by atoms with E-state index < -0.39 is 36.7 Å².